The van der Waals surface area contributed by atoms with Gasteiger partial charge in [0.2, 0.25) is 11.8 Å². The molecule has 0 saturated carbocycles. The number of aryl methyl sites for hydroxylation is 1. The van der Waals surface area contributed by atoms with Crippen molar-refractivity contribution in [3.8, 4) is 23.1 Å². The summed E-state index contributed by atoms with van der Waals surface area (Å²) in [7, 11) is 4.78. The van der Waals surface area contributed by atoms with E-state index in [2.05, 4.69) is 25.0 Å². The van der Waals surface area contributed by atoms with Gasteiger partial charge >= 0.3 is 6.01 Å². The summed E-state index contributed by atoms with van der Waals surface area (Å²) in [6.07, 6.45) is 3.20. The van der Waals surface area contributed by atoms with Gasteiger partial charge in [-0.3, -0.25) is 0 Å². The van der Waals surface area contributed by atoms with Crippen LogP contribution < -0.4 is 15.2 Å². The third-order valence-corrected chi connectivity index (χ3v) is 2.96. The molecule has 0 atom stereocenters. The Hall–Kier alpha value is -2.97. The Labute approximate surface area is 119 Å². The van der Waals surface area contributed by atoms with Crippen LogP contribution in [0.25, 0.3) is 22.3 Å². The molecule has 0 saturated heterocycles. The van der Waals surface area contributed by atoms with E-state index in [0.29, 0.717) is 22.8 Å². The van der Waals surface area contributed by atoms with Crippen molar-refractivity contribution < 1.29 is 9.47 Å². The normalized spacial score (nSPS) is 10.8. The Morgan fingerprint density at radius 2 is 1.90 bits per heavy atom. The molecule has 21 heavy (non-hydrogen) atoms. The monoisotopic (exact) mass is 287 g/mol. The number of methoxy groups -OCH3 is 2. The summed E-state index contributed by atoms with van der Waals surface area (Å²) >= 11 is 0. The lowest BCUT2D eigenvalue weighted by Gasteiger charge is -2.06. The lowest BCUT2D eigenvalue weighted by molar-refractivity contribution is 0.353. The topological polar surface area (TPSA) is 114 Å². The van der Waals surface area contributed by atoms with Gasteiger partial charge in [0.25, 0.3) is 0 Å². The third kappa shape index (κ3) is 2.08. The average molecular weight is 287 g/mol. The van der Waals surface area contributed by atoms with E-state index in [1.54, 1.807) is 24.1 Å². The predicted octanol–water partition coefficient (Wildman–Crippen LogP) is 0.420. The van der Waals surface area contributed by atoms with Gasteiger partial charge < -0.3 is 15.2 Å². The number of aromatic nitrogens is 6. The quantitative estimate of drug-likeness (QED) is 0.737. The predicted molar refractivity (Wildman–Crippen MR) is 74.8 cm³/mol. The van der Waals surface area contributed by atoms with Gasteiger partial charge in [-0.2, -0.15) is 15.1 Å². The van der Waals surface area contributed by atoms with Crippen LogP contribution >= 0.6 is 0 Å². The molecule has 108 valence electrons. The van der Waals surface area contributed by atoms with Crippen molar-refractivity contribution in [1.29, 1.82) is 0 Å². The van der Waals surface area contributed by atoms with Gasteiger partial charge in [-0.15, -0.1) is 0 Å². The minimum Gasteiger partial charge on any atom is -0.480 e. The summed E-state index contributed by atoms with van der Waals surface area (Å²) in [4.78, 5) is 16.4. The molecule has 3 rings (SSSR count). The molecule has 2 N–H and O–H groups in total. The molecule has 0 bridgehead atoms. The molecule has 3 aromatic rings. The zero-order valence-corrected chi connectivity index (χ0v) is 11.7. The van der Waals surface area contributed by atoms with E-state index in [-0.39, 0.29) is 12.0 Å². The zero-order chi connectivity index (χ0) is 15.0. The van der Waals surface area contributed by atoms with Crippen LogP contribution in [0.1, 0.15) is 0 Å². The maximum atomic E-state index is 5.61. The number of nitrogens with zero attached hydrogens (tertiary/aromatic N) is 6. The highest BCUT2D eigenvalue weighted by Crippen LogP contribution is 2.32. The molecule has 3 heterocycles. The molecule has 0 spiro atoms. The fourth-order valence-corrected chi connectivity index (χ4v) is 2.02. The first-order valence-corrected chi connectivity index (χ1v) is 6.04. The van der Waals surface area contributed by atoms with Gasteiger partial charge in [0.15, 0.2) is 5.65 Å². The second-order valence-corrected chi connectivity index (χ2v) is 4.22. The van der Waals surface area contributed by atoms with Crippen molar-refractivity contribution in [2.75, 3.05) is 20.0 Å². The summed E-state index contributed by atoms with van der Waals surface area (Å²) in [6, 6.07) is 0.219. The van der Waals surface area contributed by atoms with E-state index in [1.165, 1.54) is 14.2 Å². The first kappa shape index (κ1) is 13.0. The van der Waals surface area contributed by atoms with Crippen molar-refractivity contribution in [3.63, 3.8) is 0 Å². The summed E-state index contributed by atoms with van der Waals surface area (Å²) < 4.78 is 11.9. The first-order chi connectivity index (χ1) is 10.1. The maximum Gasteiger partial charge on any atom is 0.319 e. The van der Waals surface area contributed by atoms with Crippen LogP contribution in [0.15, 0.2) is 12.4 Å². The molecule has 0 radical (unpaired) electrons. The fourth-order valence-electron chi connectivity index (χ4n) is 2.02. The maximum absolute atomic E-state index is 5.61. The Kier molecular flexibility index (Phi) is 3.01. The van der Waals surface area contributed by atoms with Crippen molar-refractivity contribution in [3.05, 3.63) is 12.4 Å². The summed E-state index contributed by atoms with van der Waals surface area (Å²) in [5, 5.41) is 5.16. The van der Waals surface area contributed by atoms with Gasteiger partial charge in [0.1, 0.15) is 5.69 Å². The number of anilines is 1. The smallest absolute Gasteiger partial charge is 0.319 e. The van der Waals surface area contributed by atoms with Crippen LogP contribution in [0.4, 0.5) is 5.95 Å². The van der Waals surface area contributed by atoms with Crippen molar-refractivity contribution in [2.24, 2.45) is 7.05 Å². The summed E-state index contributed by atoms with van der Waals surface area (Å²) in [5.74, 6) is 0.550. The molecule has 0 aliphatic carbocycles. The summed E-state index contributed by atoms with van der Waals surface area (Å²) in [6.45, 7) is 0. The van der Waals surface area contributed by atoms with E-state index in [0.717, 1.165) is 5.39 Å². The third-order valence-electron chi connectivity index (χ3n) is 2.96. The number of hydrogen-bond acceptors (Lipinski definition) is 8. The van der Waals surface area contributed by atoms with Crippen LogP contribution in [-0.2, 0) is 7.05 Å². The Morgan fingerprint density at radius 3 is 2.62 bits per heavy atom. The number of rotatable bonds is 3. The second kappa shape index (κ2) is 4.85. The largest absolute Gasteiger partial charge is 0.480 e. The van der Waals surface area contributed by atoms with Crippen molar-refractivity contribution in [1.82, 2.24) is 29.7 Å². The SMILES string of the molecule is COc1ncc(-c2nn(C)c3nc(N)ncc23)c(OC)n1. The van der Waals surface area contributed by atoms with Gasteiger partial charge in [0.05, 0.1) is 25.2 Å². The number of ether oxygens (including phenoxy) is 2. The standard InChI is InChI=1S/C12H13N7O2/c1-19-9-6(4-14-11(13)16-9)8(18-19)7-5-15-12(21-3)17-10(7)20-2/h4-5H,1-3H3,(H2,13,14,16). The number of nitrogen functional groups attached to an aromatic ring is 1. The van der Waals surface area contributed by atoms with Crippen LogP contribution in [0, 0.1) is 0 Å². The zero-order valence-electron chi connectivity index (χ0n) is 11.7. The lowest BCUT2D eigenvalue weighted by Crippen LogP contribution is -1.98. The van der Waals surface area contributed by atoms with E-state index in [9.17, 15) is 0 Å². The molecule has 3 aromatic heterocycles. The molecule has 0 amide bonds. The Morgan fingerprint density at radius 1 is 1.10 bits per heavy atom. The lowest BCUT2D eigenvalue weighted by atomic mass is 10.2. The first-order valence-electron chi connectivity index (χ1n) is 6.04. The number of nitrogens with two attached hydrogens (primary N) is 1. The van der Waals surface area contributed by atoms with Gasteiger partial charge in [-0.1, -0.05) is 0 Å². The van der Waals surface area contributed by atoms with E-state index < -0.39 is 0 Å². The fraction of sp³-hybridized carbons (Fsp3) is 0.250. The highest BCUT2D eigenvalue weighted by molar-refractivity contribution is 5.92. The molecule has 0 aliphatic heterocycles. The second-order valence-electron chi connectivity index (χ2n) is 4.22. The van der Waals surface area contributed by atoms with Gasteiger partial charge in [0, 0.05) is 19.4 Å². The Bertz CT molecular complexity index is 815. The molecule has 0 fully saturated rings. The van der Waals surface area contributed by atoms with Crippen LogP contribution in [0.3, 0.4) is 0 Å². The van der Waals surface area contributed by atoms with Gasteiger partial charge in [-0.25, -0.2) is 14.6 Å². The average Bonchev–Trinajstić information content (AvgIpc) is 2.83. The molecular formula is C12H13N7O2. The van der Waals surface area contributed by atoms with E-state index >= 15 is 0 Å². The molecule has 0 aromatic carbocycles. The van der Waals surface area contributed by atoms with E-state index in [4.69, 9.17) is 15.2 Å². The highest BCUT2D eigenvalue weighted by atomic mass is 16.5. The molecule has 9 heteroatoms. The van der Waals surface area contributed by atoms with Crippen LogP contribution in [0.5, 0.6) is 11.9 Å². The number of fused-ring (bicyclic) bond motifs is 1. The van der Waals surface area contributed by atoms with E-state index in [1.807, 2.05) is 0 Å². The van der Waals surface area contributed by atoms with Crippen LogP contribution in [0.2, 0.25) is 0 Å². The molecule has 9 nitrogen and oxygen atoms in total. The van der Waals surface area contributed by atoms with Gasteiger partial charge in [-0.05, 0) is 0 Å². The van der Waals surface area contributed by atoms with Crippen LogP contribution in [-0.4, -0.2) is 43.9 Å². The van der Waals surface area contributed by atoms with Crippen molar-refractivity contribution >= 4 is 17.0 Å². The van der Waals surface area contributed by atoms with Crippen molar-refractivity contribution in [2.45, 2.75) is 0 Å². The number of hydrogen-bond donors (Lipinski definition) is 1. The molecule has 0 unspecified atom stereocenters. The molecular weight excluding hydrogens is 274 g/mol. The summed E-state index contributed by atoms with van der Waals surface area (Å²) in [5.41, 5.74) is 7.47. The minimum atomic E-state index is 0.190. The molecule has 0 aliphatic rings. The highest BCUT2D eigenvalue weighted by Gasteiger charge is 2.18. The minimum absolute atomic E-state index is 0.190. The Balaban J connectivity index is 2.25.